The SMILES string of the molecule is CCCCCCCCCCCCCC(C)S(=O)(=O)NC(=O)Nc1c(C(C)C)cccc1C(C)C. The van der Waals surface area contributed by atoms with Crippen LogP contribution >= 0.6 is 0 Å². The molecule has 0 heterocycles. The third-order valence-electron chi connectivity index (χ3n) is 6.59. The number of carbonyl (C=O) groups excluding carboxylic acids is 1. The van der Waals surface area contributed by atoms with E-state index >= 15 is 0 Å². The summed E-state index contributed by atoms with van der Waals surface area (Å²) in [6.07, 6.45) is 14.1. The zero-order valence-corrected chi connectivity index (χ0v) is 23.4. The normalized spacial score (nSPS) is 12.8. The number of rotatable bonds is 17. The van der Waals surface area contributed by atoms with Gasteiger partial charge in [0.15, 0.2) is 0 Å². The van der Waals surface area contributed by atoms with Crippen molar-refractivity contribution in [1.82, 2.24) is 4.72 Å². The van der Waals surface area contributed by atoms with Gasteiger partial charge < -0.3 is 5.32 Å². The molecule has 0 aliphatic rings. The van der Waals surface area contributed by atoms with E-state index in [9.17, 15) is 13.2 Å². The molecule has 0 radical (unpaired) electrons. The second-order valence-electron chi connectivity index (χ2n) is 10.4. The second-order valence-corrected chi connectivity index (χ2v) is 12.5. The lowest BCUT2D eigenvalue weighted by atomic mass is 9.93. The molecule has 0 fully saturated rings. The number of urea groups is 1. The van der Waals surface area contributed by atoms with Crippen LogP contribution in [0.5, 0.6) is 0 Å². The van der Waals surface area contributed by atoms with Crippen LogP contribution in [-0.4, -0.2) is 19.7 Å². The number of para-hydroxylation sites is 1. The van der Waals surface area contributed by atoms with Crippen LogP contribution in [0.15, 0.2) is 18.2 Å². The fraction of sp³-hybridized carbons (Fsp3) is 0.750. The highest BCUT2D eigenvalue weighted by atomic mass is 32.2. The molecule has 1 rings (SSSR count). The van der Waals surface area contributed by atoms with Crippen LogP contribution in [0.3, 0.4) is 0 Å². The number of carbonyl (C=O) groups is 1. The predicted octanol–water partition coefficient (Wildman–Crippen LogP) is 8.47. The Morgan fingerprint density at radius 1 is 0.765 bits per heavy atom. The molecular weight excluding hydrogens is 444 g/mol. The van der Waals surface area contributed by atoms with Gasteiger partial charge in [-0.3, -0.25) is 0 Å². The lowest BCUT2D eigenvalue weighted by Crippen LogP contribution is -2.40. The first kappa shape index (κ1) is 30.5. The molecule has 0 bridgehead atoms. The first-order chi connectivity index (χ1) is 16.1. The molecule has 5 nitrogen and oxygen atoms in total. The van der Waals surface area contributed by atoms with Crippen molar-refractivity contribution in [2.24, 2.45) is 0 Å². The lowest BCUT2D eigenvalue weighted by molar-refractivity contribution is 0.256. The molecule has 2 N–H and O–H groups in total. The van der Waals surface area contributed by atoms with Gasteiger partial charge in [0.05, 0.1) is 5.25 Å². The van der Waals surface area contributed by atoms with Gasteiger partial charge in [-0.2, -0.15) is 0 Å². The monoisotopic (exact) mass is 494 g/mol. The molecule has 6 heteroatoms. The van der Waals surface area contributed by atoms with Gasteiger partial charge in [-0.25, -0.2) is 17.9 Å². The van der Waals surface area contributed by atoms with E-state index in [4.69, 9.17) is 0 Å². The summed E-state index contributed by atoms with van der Waals surface area (Å²) in [7, 11) is -3.72. The van der Waals surface area contributed by atoms with Crippen LogP contribution in [0.4, 0.5) is 10.5 Å². The van der Waals surface area contributed by atoms with E-state index in [1.54, 1.807) is 6.92 Å². The molecule has 196 valence electrons. The van der Waals surface area contributed by atoms with Crippen LogP contribution < -0.4 is 10.0 Å². The highest BCUT2D eigenvalue weighted by molar-refractivity contribution is 7.90. The van der Waals surface area contributed by atoms with Crippen molar-refractivity contribution in [1.29, 1.82) is 0 Å². The third-order valence-corrected chi connectivity index (χ3v) is 8.36. The summed E-state index contributed by atoms with van der Waals surface area (Å²) in [5.74, 6) is 0.427. The smallest absolute Gasteiger partial charge is 0.307 e. The van der Waals surface area contributed by atoms with Gasteiger partial charge in [-0.05, 0) is 36.3 Å². The molecule has 0 saturated carbocycles. The summed E-state index contributed by atoms with van der Waals surface area (Å²) in [5.41, 5.74) is 2.73. The Labute approximate surface area is 209 Å². The summed E-state index contributed by atoms with van der Waals surface area (Å²) in [4.78, 5) is 12.6. The average molecular weight is 495 g/mol. The Balaban J connectivity index is 2.44. The second kappa shape index (κ2) is 16.2. The van der Waals surface area contributed by atoms with Crippen LogP contribution in [0.25, 0.3) is 0 Å². The summed E-state index contributed by atoms with van der Waals surface area (Å²) >= 11 is 0. The Morgan fingerprint density at radius 2 is 1.21 bits per heavy atom. The van der Waals surface area contributed by atoms with Crippen molar-refractivity contribution >= 4 is 21.7 Å². The first-order valence-corrected chi connectivity index (χ1v) is 15.1. The van der Waals surface area contributed by atoms with Crippen LogP contribution in [0.1, 0.15) is 142 Å². The fourth-order valence-electron chi connectivity index (χ4n) is 4.32. The molecule has 0 aliphatic heterocycles. The molecule has 0 saturated heterocycles. The van der Waals surface area contributed by atoms with Gasteiger partial charge in [0, 0.05) is 5.69 Å². The van der Waals surface area contributed by atoms with Crippen molar-refractivity contribution in [3.8, 4) is 0 Å². The van der Waals surface area contributed by atoms with Crippen molar-refractivity contribution in [2.45, 2.75) is 136 Å². The zero-order valence-electron chi connectivity index (χ0n) is 22.6. The van der Waals surface area contributed by atoms with E-state index < -0.39 is 21.3 Å². The first-order valence-electron chi connectivity index (χ1n) is 13.6. The standard InChI is InChI=1S/C28H50N2O3S/c1-7-8-9-10-11-12-13-14-15-16-17-19-24(6)34(32,33)30-28(31)29-27-25(22(2)3)20-18-21-26(27)23(4)5/h18,20-24H,7-17,19H2,1-6H3,(H2,29,30,31). The molecule has 1 aromatic rings. The maximum absolute atomic E-state index is 12.7. The summed E-state index contributed by atoms with van der Waals surface area (Å²) in [6, 6.07) is 5.27. The van der Waals surface area contributed by atoms with E-state index in [0.717, 1.165) is 36.1 Å². The number of anilines is 1. The molecule has 1 aromatic carbocycles. The topological polar surface area (TPSA) is 75.3 Å². The van der Waals surface area contributed by atoms with Crippen molar-refractivity contribution < 1.29 is 13.2 Å². The van der Waals surface area contributed by atoms with E-state index in [-0.39, 0.29) is 11.8 Å². The molecule has 0 aliphatic carbocycles. The van der Waals surface area contributed by atoms with Gasteiger partial charge in [0.2, 0.25) is 10.0 Å². The van der Waals surface area contributed by atoms with Crippen molar-refractivity contribution in [3.63, 3.8) is 0 Å². The maximum atomic E-state index is 12.7. The average Bonchev–Trinajstić information content (AvgIpc) is 2.76. The number of unbranched alkanes of at least 4 members (excludes halogenated alkanes) is 10. The van der Waals surface area contributed by atoms with Crippen LogP contribution in [-0.2, 0) is 10.0 Å². The van der Waals surface area contributed by atoms with Crippen LogP contribution in [0, 0.1) is 0 Å². The van der Waals surface area contributed by atoms with Gasteiger partial charge in [0.25, 0.3) is 0 Å². The van der Waals surface area contributed by atoms with Gasteiger partial charge in [0.1, 0.15) is 0 Å². The van der Waals surface area contributed by atoms with Crippen LogP contribution in [0.2, 0.25) is 0 Å². The predicted molar refractivity (Wildman–Crippen MR) is 146 cm³/mol. The molecule has 34 heavy (non-hydrogen) atoms. The summed E-state index contributed by atoms with van der Waals surface area (Å²) < 4.78 is 27.7. The lowest BCUT2D eigenvalue weighted by Gasteiger charge is -2.21. The van der Waals surface area contributed by atoms with E-state index in [1.807, 2.05) is 18.2 Å². The fourth-order valence-corrected chi connectivity index (χ4v) is 5.30. The number of sulfonamides is 1. The highest BCUT2D eigenvalue weighted by Crippen LogP contribution is 2.32. The highest BCUT2D eigenvalue weighted by Gasteiger charge is 2.24. The number of hydrogen-bond acceptors (Lipinski definition) is 3. The summed E-state index contributed by atoms with van der Waals surface area (Å²) in [6.45, 7) is 12.2. The molecule has 1 atom stereocenters. The minimum Gasteiger partial charge on any atom is -0.307 e. The molecular formula is C28H50N2O3S. The maximum Gasteiger partial charge on any atom is 0.332 e. The Kier molecular flexibility index (Phi) is 14.5. The Hall–Kier alpha value is -1.56. The molecule has 1 unspecified atom stereocenters. The van der Waals surface area contributed by atoms with Gasteiger partial charge in [-0.1, -0.05) is 123 Å². The minimum atomic E-state index is -3.72. The molecule has 0 spiro atoms. The van der Waals surface area contributed by atoms with Gasteiger partial charge >= 0.3 is 6.03 Å². The van der Waals surface area contributed by atoms with Crippen molar-refractivity contribution in [2.75, 3.05) is 5.32 Å². The van der Waals surface area contributed by atoms with Crippen molar-refractivity contribution in [3.05, 3.63) is 29.3 Å². The summed E-state index contributed by atoms with van der Waals surface area (Å²) in [5, 5.41) is 2.24. The number of benzene rings is 1. The Bertz CT molecular complexity index is 793. The van der Waals surface area contributed by atoms with E-state index in [0.29, 0.717) is 6.42 Å². The zero-order chi connectivity index (χ0) is 25.6. The largest absolute Gasteiger partial charge is 0.332 e. The molecule has 0 aromatic heterocycles. The Morgan fingerprint density at radius 3 is 1.65 bits per heavy atom. The van der Waals surface area contributed by atoms with Gasteiger partial charge in [-0.15, -0.1) is 0 Å². The minimum absolute atomic E-state index is 0.214. The third kappa shape index (κ3) is 11.2. The number of nitrogens with one attached hydrogen (secondary N) is 2. The van der Waals surface area contributed by atoms with E-state index in [1.165, 1.54) is 51.4 Å². The van der Waals surface area contributed by atoms with E-state index in [2.05, 4.69) is 44.7 Å². The number of hydrogen-bond donors (Lipinski definition) is 2. The number of amides is 2. The quantitative estimate of drug-likeness (QED) is 0.213. The molecule has 2 amide bonds.